The molecule has 0 bridgehead atoms. The fourth-order valence-corrected chi connectivity index (χ4v) is 1.83. The van der Waals surface area contributed by atoms with Gasteiger partial charge in [-0.05, 0) is 24.1 Å². The predicted octanol–water partition coefficient (Wildman–Crippen LogP) is 2.82. The van der Waals surface area contributed by atoms with Gasteiger partial charge in [0.2, 0.25) is 0 Å². The number of benzene rings is 1. The molecule has 0 aliphatic carbocycles. The summed E-state index contributed by atoms with van der Waals surface area (Å²) < 4.78 is 18.3. The highest BCUT2D eigenvalue weighted by Crippen LogP contribution is 2.16. The van der Waals surface area contributed by atoms with Crippen LogP contribution in [0.3, 0.4) is 0 Å². The van der Waals surface area contributed by atoms with E-state index in [0.29, 0.717) is 18.3 Å². The van der Waals surface area contributed by atoms with Gasteiger partial charge >= 0.3 is 0 Å². The SMILES string of the molecule is CCCCCCNC(N)=NCc1cc(F)cc(OC)c1. The molecule has 1 aromatic rings. The highest BCUT2D eigenvalue weighted by Gasteiger charge is 2.01. The van der Waals surface area contributed by atoms with Gasteiger partial charge < -0.3 is 15.8 Å². The van der Waals surface area contributed by atoms with Crippen molar-refractivity contribution < 1.29 is 9.13 Å². The van der Waals surface area contributed by atoms with Crippen molar-refractivity contribution in [3.63, 3.8) is 0 Å². The van der Waals surface area contributed by atoms with Crippen LogP contribution < -0.4 is 15.8 Å². The van der Waals surface area contributed by atoms with Gasteiger partial charge in [0.05, 0.1) is 13.7 Å². The third-order valence-corrected chi connectivity index (χ3v) is 2.94. The zero-order valence-corrected chi connectivity index (χ0v) is 12.3. The fourth-order valence-electron chi connectivity index (χ4n) is 1.83. The van der Waals surface area contributed by atoms with Gasteiger partial charge in [0.25, 0.3) is 0 Å². The van der Waals surface area contributed by atoms with Crippen molar-refractivity contribution in [2.75, 3.05) is 13.7 Å². The number of nitrogens with zero attached hydrogens (tertiary/aromatic N) is 1. The maximum absolute atomic E-state index is 13.3. The van der Waals surface area contributed by atoms with Crippen LogP contribution in [-0.4, -0.2) is 19.6 Å². The van der Waals surface area contributed by atoms with Crippen LogP contribution in [-0.2, 0) is 6.54 Å². The Kier molecular flexibility index (Phi) is 7.47. The van der Waals surface area contributed by atoms with Crippen molar-refractivity contribution in [3.05, 3.63) is 29.6 Å². The summed E-state index contributed by atoms with van der Waals surface area (Å²) in [5.41, 5.74) is 6.49. The molecule has 0 unspecified atom stereocenters. The lowest BCUT2D eigenvalue weighted by atomic mass is 10.2. The standard InChI is InChI=1S/C15H24FN3O/c1-3-4-5-6-7-18-15(17)19-11-12-8-13(16)10-14(9-12)20-2/h8-10H,3-7,11H2,1-2H3,(H3,17,18,19). The maximum Gasteiger partial charge on any atom is 0.188 e. The first-order valence-electron chi connectivity index (χ1n) is 7.03. The minimum absolute atomic E-state index is 0.333. The predicted molar refractivity (Wildman–Crippen MR) is 80.4 cm³/mol. The van der Waals surface area contributed by atoms with Crippen LogP contribution in [0.1, 0.15) is 38.2 Å². The molecular weight excluding hydrogens is 257 g/mol. The molecule has 0 saturated heterocycles. The van der Waals surface area contributed by atoms with Crippen molar-refractivity contribution in [1.82, 2.24) is 5.32 Å². The van der Waals surface area contributed by atoms with E-state index >= 15 is 0 Å². The summed E-state index contributed by atoms with van der Waals surface area (Å²) in [4.78, 5) is 4.19. The third kappa shape index (κ3) is 6.41. The average molecular weight is 281 g/mol. The van der Waals surface area contributed by atoms with E-state index in [0.717, 1.165) is 18.5 Å². The number of nitrogens with one attached hydrogen (secondary N) is 1. The molecule has 3 N–H and O–H groups in total. The van der Waals surface area contributed by atoms with Crippen LogP contribution in [0, 0.1) is 5.82 Å². The van der Waals surface area contributed by atoms with Crippen LogP contribution in [0.2, 0.25) is 0 Å². The molecule has 0 amide bonds. The van der Waals surface area contributed by atoms with Gasteiger partial charge in [-0.15, -0.1) is 0 Å². The summed E-state index contributed by atoms with van der Waals surface area (Å²) in [6.45, 7) is 3.33. The largest absolute Gasteiger partial charge is 0.497 e. The van der Waals surface area contributed by atoms with Gasteiger partial charge in [-0.3, -0.25) is 0 Å². The Balaban J connectivity index is 2.40. The minimum Gasteiger partial charge on any atom is -0.497 e. The first-order chi connectivity index (χ1) is 9.65. The molecule has 0 aromatic heterocycles. The van der Waals surface area contributed by atoms with E-state index in [2.05, 4.69) is 17.2 Å². The Morgan fingerprint density at radius 2 is 2.10 bits per heavy atom. The highest BCUT2D eigenvalue weighted by atomic mass is 19.1. The molecule has 0 spiro atoms. The lowest BCUT2D eigenvalue weighted by Gasteiger charge is -2.06. The van der Waals surface area contributed by atoms with Gasteiger partial charge in [-0.25, -0.2) is 9.38 Å². The summed E-state index contributed by atoms with van der Waals surface area (Å²) >= 11 is 0. The average Bonchev–Trinajstić information content (AvgIpc) is 2.44. The number of halogens is 1. The molecule has 0 fully saturated rings. The van der Waals surface area contributed by atoms with Crippen molar-refractivity contribution in [1.29, 1.82) is 0 Å². The molecule has 0 atom stereocenters. The molecule has 0 aliphatic rings. The van der Waals surface area contributed by atoms with E-state index < -0.39 is 0 Å². The maximum atomic E-state index is 13.3. The number of hydrogen-bond donors (Lipinski definition) is 2. The molecule has 1 rings (SSSR count). The van der Waals surface area contributed by atoms with E-state index in [1.54, 1.807) is 6.07 Å². The second-order valence-electron chi connectivity index (χ2n) is 4.69. The summed E-state index contributed by atoms with van der Waals surface area (Å²) in [6, 6.07) is 4.52. The Labute approximate surface area is 120 Å². The molecule has 0 aliphatic heterocycles. The molecule has 0 radical (unpaired) electrons. The zero-order chi connectivity index (χ0) is 14.8. The van der Waals surface area contributed by atoms with Crippen LogP contribution in [0.4, 0.5) is 4.39 Å². The van der Waals surface area contributed by atoms with Crippen molar-refractivity contribution >= 4 is 5.96 Å². The van der Waals surface area contributed by atoms with Crippen molar-refractivity contribution in [2.45, 2.75) is 39.2 Å². The van der Waals surface area contributed by atoms with E-state index in [1.165, 1.54) is 38.5 Å². The van der Waals surface area contributed by atoms with Gasteiger partial charge in [-0.2, -0.15) is 0 Å². The molecule has 20 heavy (non-hydrogen) atoms. The number of aliphatic imine (C=N–C) groups is 1. The monoisotopic (exact) mass is 281 g/mol. The Morgan fingerprint density at radius 1 is 1.30 bits per heavy atom. The Bertz CT molecular complexity index is 435. The molecule has 0 heterocycles. The smallest absolute Gasteiger partial charge is 0.188 e. The van der Waals surface area contributed by atoms with Gasteiger partial charge in [0.15, 0.2) is 5.96 Å². The summed E-state index contributed by atoms with van der Waals surface area (Å²) in [7, 11) is 1.51. The lowest BCUT2D eigenvalue weighted by molar-refractivity contribution is 0.410. The number of nitrogens with two attached hydrogens (primary N) is 1. The van der Waals surface area contributed by atoms with Gasteiger partial charge in [0.1, 0.15) is 11.6 Å². The Hall–Kier alpha value is -1.78. The Morgan fingerprint density at radius 3 is 2.80 bits per heavy atom. The van der Waals surface area contributed by atoms with Crippen LogP contribution in [0.25, 0.3) is 0 Å². The number of unbranched alkanes of at least 4 members (excludes halogenated alkanes) is 3. The first-order valence-corrected chi connectivity index (χ1v) is 7.03. The van der Waals surface area contributed by atoms with E-state index in [4.69, 9.17) is 10.5 Å². The van der Waals surface area contributed by atoms with Gasteiger partial charge in [-0.1, -0.05) is 26.2 Å². The number of rotatable bonds is 8. The minimum atomic E-state index is -0.333. The summed E-state index contributed by atoms with van der Waals surface area (Å²) in [5, 5.41) is 3.06. The lowest BCUT2D eigenvalue weighted by Crippen LogP contribution is -2.32. The number of guanidine groups is 1. The summed E-state index contributed by atoms with van der Waals surface area (Å²) in [6.07, 6.45) is 4.72. The third-order valence-electron chi connectivity index (χ3n) is 2.94. The number of hydrogen-bond acceptors (Lipinski definition) is 2. The number of methoxy groups -OCH3 is 1. The van der Waals surface area contributed by atoms with Crippen LogP contribution >= 0.6 is 0 Å². The second-order valence-corrected chi connectivity index (χ2v) is 4.69. The van der Waals surface area contributed by atoms with E-state index in [9.17, 15) is 4.39 Å². The topological polar surface area (TPSA) is 59.6 Å². The van der Waals surface area contributed by atoms with Gasteiger partial charge in [0, 0.05) is 12.6 Å². The van der Waals surface area contributed by atoms with E-state index in [1.807, 2.05) is 0 Å². The molecule has 5 heteroatoms. The number of ether oxygens (including phenoxy) is 1. The normalized spacial score (nSPS) is 11.4. The highest BCUT2D eigenvalue weighted by molar-refractivity contribution is 5.77. The molecule has 4 nitrogen and oxygen atoms in total. The van der Waals surface area contributed by atoms with Crippen LogP contribution in [0.5, 0.6) is 5.75 Å². The molecule has 0 saturated carbocycles. The van der Waals surface area contributed by atoms with Crippen molar-refractivity contribution in [3.8, 4) is 5.75 Å². The van der Waals surface area contributed by atoms with E-state index in [-0.39, 0.29) is 5.82 Å². The summed E-state index contributed by atoms with van der Waals surface area (Å²) in [5.74, 6) is 0.548. The quantitative estimate of drug-likeness (QED) is 0.437. The fraction of sp³-hybridized carbons (Fsp3) is 0.533. The van der Waals surface area contributed by atoms with Crippen molar-refractivity contribution in [2.24, 2.45) is 10.7 Å². The molecule has 1 aromatic carbocycles. The zero-order valence-electron chi connectivity index (χ0n) is 12.3. The molecular formula is C15H24FN3O. The van der Waals surface area contributed by atoms with Crippen LogP contribution in [0.15, 0.2) is 23.2 Å². The molecule has 112 valence electrons. The second kappa shape index (κ2) is 9.18. The first kappa shape index (κ1) is 16.3.